The molecule has 0 atom stereocenters. The number of H-pyrrole nitrogens is 1. The van der Waals surface area contributed by atoms with E-state index in [9.17, 15) is 0 Å². The number of ether oxygens (including phenoxy) is 1. The lowest BCUT2D eigenvalue weighted by Gasteiger charge is -2.06. The molecule has 2 heterocycles. The van der Waals surface area contributed by atoms with E-state index in [0.29, 0.717) is 29.3 Å². The number of aromatic amines is 1. The first-order valence-corrected chi connectivity index (χ1v) is 5.48. The van der Waals surface area contributed by atoms with E-state index in [1.165, 1.54) is 6.33 Å². The SMILES string of the molecule is NCc1cccc(Oc2ncnc3nc[nH]c23)c1. The van der Waals surface area contributed by atoms with Gasteiger partial charge in [0.1, 0.15) is 17.6 Å². The Morgan fingerprint density at radius 3 is 3.06 bits per heavy atom. The van der Waals surface area contributed by atoms with Crippen LogP contribution in [0.15, 0.2) is 36.9 Å². The monoisotopic (exact) mass is 241 g/mol. The van der Waals surface area contributed by atoms with E-state index >= 15 is 0 Å². The van der Waals surface area contributed by atoms with Crippen LogP contribution in [-0.2, 0) is 6.54 Å². The molecule has 3 N–H and O–H groups in total. The number of nitrogens with zero attached hydrogens (tertiary/aromatic N) is 3. The number of nitrogens with one attached hydrogen (secondary N) is 1. The van der Waals surface area contributed by atoms with Crippen LogP contribution in [0.25, 0.3) is 11.2 Å². The van der Waals surface area contributed by atoms with Crippen molar-refractivity contribution in [2.24, 2.45) is 5.73 Å². The van der Waals surface area contributed by atoms with Gasteiger partial charge in [-0.05, 0) is 17.7 Å². The molecule has 0 fully saturated rings. The fourth-order valence-corrected chi connectivity index (χ4v) is 1.67. The van der Waals surface area contributed by atoms with Gasteiger partial charge in [-0.25, -0.2) is 9.97 Å². The summed E-state index contributed by atoms with van der Waals surface area (Å²) in [4.78, 5) is 15.1. The topological polar surface area (TPSA) is 89.7 Å². The lowest BCUT2D eigenvalue weighted by Crippen LogP contribution is -1.96. The molecule has 1 aromatic carbocycles. The van der Waals surface area contributed by atoms with Crippen molar-refractivity contribution in [3.8, 4) is 11.6 Å². The first-order chi connectivity index (χ1) is 8.86. The van der Waals surface area contributed by atoms with Gasteiger partial charge in [-0.1, -0.05) is 12.1 Å². The molecule has 0 radical (unpaired) electrons. The predicted octanol–water partition coefficient (Wildman–Crippen LogP) is 1.60. The summed E-state index contributed by atoms with van der Waals surface area (Å²) in [5, 5.41) is 0. The minimum atomic E-state index is 0.451. The van der Waals surface area contributed by atoms with Gasteiger partial charge in [-0.2, -0.15) is 4.98 Å². The van der Waals surface area contributed by atoms with Crippen LogP contribution in [0.3, 0.4) is 0 Å². The molecule has 18 heavy (non-hydrogen) atoms. The molecular weight excluding hydrogens is 230 g/mol. The van der Waals surface area contributed by atoms with Crippen LogP contribution < -0.4 is 10.5 Å². The fraction of sp³-hybridized carbons (Fsp3) is 0.0833. The number of fused-ring (bicyclic) bond motifs is 1. The van der Waals surface area contributed by atoms with Crippen molar-refractivity contribution in [1.82, 2.24) is 19.9 Å². The summed E-state index contributed by atoms with van der Waals surface area (Å²) in [5.74, 6) is 1.14. The van der Waals surface area contributed by atoms with E-state index in [4.69, 9.17) is 10.5 Å². The van der Waals surface area contributed by atoms with Crippen molar-refractivity contribution in [1.29, 1.82) is 0 Å². The Morgan fingerprint density at radius 1 is 1.22 bits per heavy atom. The van der Waals surface area contributed by atoms with Gasteiger partial charge in [0.05, 0.1) is 6.33 Å². The summed E-state index contributed by atoms with van der Waals surface area (Å²) in [6, 6.07) is 7.56. The normalized spacial score (nSPS) is 10.7. The molecule has 3 rings (SSSR count). The third-order valence-corrected chi connectivity index (χ3v) is 2.54. The van der Waals surface area contributed by atoms with E-state index in [-0.39, 0.29) is 0 Å². The lowest BCUT2D eigenvalue weighted by molar-refractivity contribution is 0.466. The number of rotatable bonds is 3. The molecule has 0 amide bonds. The minimum absolute atomic E-state index is 0.451. The van der Waals surface area contributed by atoms with Crippen molar-refractivity contribution >= 4 is 11.2 Å². The molecule has 6 heteroatoms. The van der Waals surface area contributed by atoms with E-state index in [1.807, 2.05) is 24.3 Å². The summed E-state index contributed by atoms with van der Waals surface area (Å²) in [5.41, 5.74) is 7.85. The first kappa shape index (κ1) is 10.7. The number of aromatic nitrogens is 4. The highest BCUT2D eigenvalue weighted by Crippen LogP contribution is 2.24. The minimum Gasteiger partial charge on any atom is -0.437 e. The lowest BCUT2D eigenvalue weighted by atomic mass is 10.2. The Bertz CT molecular complexity index is 679. The zero-order valence-electron chi connectivity index (χ0n) is 9.50. The summed E-state index contributed by atoms with van der Waals surface area (Å²) < 4.78 is 5.71. The van der Waals surface area contributed by atoms with Crippen molar-refractivity contribution in [2.75, 3.05) is 0 Å². The van der Waals surface area contributed by atoms with Gasteiger partial charge in [0.15, 0.2) is 5.65 Å². The standard InChI is InChI=1S/C12H11N5O/c13-5-8-2-1-3-9(4-8)18-12-10-11(15-6-14-10)16-7-17-12/h1-4,6-7H,5,13H2,(H,14,15,16,17). The summed E-state index contributed by atoms with van der Waals surface area (Å²) in [6.45, 7) is 0.473. The van der Waals surface area contributed by atoms with Crippen LogP contribution >= 0.6 is 0 Å². The molecular formula is C12H11N5O. The Hall–Kier alpha value is -2.47. The summed E-state index contributed by atoms with van der Waals surface area (Å²) in [6.07, 6.45) is 2.98. The second-order valence-electron chi connectivity index (χ2n) is 3.73. The van der Waals surface area contributed by atoms with Crippen LogP contribution in [0, 0.1) is 0 Å². The van der Waals surface area contributed by atoms with Gasteiger partial charge in [-0.15, -0.1) is 0 Å². The molecule has 90 valence electrons. The zero-order chi connectivity index (χ0) is 12.4. The fourth-order valence-electron chi connectivity index (χ4n) is 1.67. The molecule has 0 saturated carbocycles. The van der Waals surface area contributed by atoms with E-state index in [0.717, 1.165) is 5.56 Å². The van der Waals surface area contributed by atoms with Gasteiger partial charge < -0.3 is 15.5 Å². The zero-order valence-corrected chi connectivity index (χ0v) is 9.50. The Morgan fingerprint density at radius 2 is 2.17 bits per heavy atom. The molecule has 0 spiro atoms. The van der Waals surface area contributed by atoms with Crippen LogP contribution in [-0.4, -0.2) is 19.9 Å². The molecule has 0 bridgehead atoms. The molecule has 0 aliphatic heterocycles. The average molecular weight is 241 g/mol. The third-order valence-electron chi connectivity index (χ3n) is 2.54. The van der Waals surface area contributed by atoms with Crippen LogP contribution in [0.5, 0.6) is 11.6 Å². The highest BCUT2D eigenvalue weighted by molar-refractivity contribution is 5.75. The summed E-state index contributed by atoms with van der Waals surface area (Å²) >= 11 is 0. The van der Waals surface area contributed by atoms with Gasteiger partial charge >= 0.3 is 0 Å². The quantitative estimate of drug-likeness (QED) is 0.727. The molecule has 3 aromatic rings. The maximum Gasteiger partial charge on any atom is 0.248 e. The van der Waals surface area contributed by atoms with Crippen LogP contribution in [0.2, 0.25) is 0 Å². The van der Waals surface area contributed by atoms with Crippen molar-refractivity contribution in [2.45, 2.75) is 6.54 Å². The van der Waals surface area contributed by atoms with E-state index in [2.05, 4.69) is 19.9 Å². The van der Waals surface area contributed by atoms with E-state index in [1.54, 1.807) is 6.33 Å². The second-order valence-corrected chi connectivity index (χ2v) is 3.73. The number of nitrogens with two attached hydrogens (primary N) is 1. The number of benzene rings is 1. The van der Waals surface area contributed by atoms with Crippen LogP contribution in [0.1, 0.15) is 5.56 Å². The Kier molecular flexibility index (Phi) is 2.62. The van der Waals surface area contributed by atoms with Crippen molar-refractivity contribution < 1.29 is 4.74 Å². The number of imidazole rings is 1. The highest BCUT2D eigenvalue weighted by atomic mass is 16.5. The second kappa shape index (κ2) is 4.42. The van der Waals surface area contributed by atoms with Crippen LogP contribution in [0.4, 0.5) is 0 Å². The highest BCUT2D eigenvalue weighted by Gasteiger charge is 2.07. The molecule has 2 aromatic heterocycles. The molecule has 0 aliphatic rings. The molecule has 0 aliphatic carbocycles. The van der Waals surface area contributed by atoms with E-state index < -0.39 is 0 Å². The molecule has 6 nitrogen and oxygen atoms in total. The number of hydrogen-bond acceptors (Lipinski definition) is 5. The predicted molar refractivity (Wildman–Crippen MR) is 66.1 cm³/mol. The van der Waals surface area contributed by atoms with Gasteiger partial charge in [-0.3, -0.25) is 0 Å². The smallest absolute Gasteiger partial charge is 0.248 e. The molecule has 0 saturated heterocycles. The first-order valence-electron chi connectivity index (χ1n) is 5.48. The Balaban J connectivity index is 1.98. The maximum atomic E-state index is 5.71. The van der Waals surface area contributed by atoms with Gasteiger partial charge in [0.2, 0.25) is 5.88 Å². The van der Waals surface area contributed by atoms with Crippen molar-refractivity contribution in [3.63, 3.8) is 0 Å². The average Bonchev–Trinajstić information content (AvgIpc) is 2.88. The largest absolute Gasteiger partial charge is 0.437 e. The van der Waals surface area contributed by atoms with Crippen molar-refractivity contribution in [3.05, 3.63) is 42.5 Å². The van der Waals surface area contributed by atoms with Gasteiger partial charge in [0, 0.05) is 6.54 Å². The summed E-state index contributed by atoms with van der Waals surface area (Å²) in [7, 11) is 0. The molecule has 0 unspecified atom stereocenters. The Labute approximate surface area is 103 Å². The third kappa shape index (κ3) is 1.89. The van der Waals surface area contributed by atoms with Gasteiger partial charge in [0.25, 0.3) is 0 Å². The number of hydrogen-bond donors (Lipinski definition) is 2. The maximum absolute atomic E-state index is 5.71.